The van der Waals surface area contributed by atoms with Crippen LogP contribution in [0.2, 0.25) is 0 Å². The molecule has 1 saturated heterocycles. The van der Waals surface area contributed by atoms with Crippen molar-refractivity contribution < 1.29 is 19.4 Å². The van der Waals surface area contributed by atoms with E-state index in [9.17, 15) is 14.7 Å². The fourth-order valence-electron chi connectivity index (χ4n) is 2.45. The molecule has 2 aliphatic heterocycles. The zero-order chi connectivity index (χ0) is 13.6. The van der Waals surface area contributed by atoms with Crippen LogP contribution in [0.4, 0.5) is 5.13 Å². The largest absolute Gasteiger partial charge is 0.481 e. The molecule has 3 heterocycles. The molecule has 0 unspecified atom stereocenters. The number of amides is 1. The minimum absolute atomic E-state index is 0.374. The first-order chi connectivity index (χ1) is 9.06. The number of carbonyl (C=O) groups excluding carboxylic acids is 1. The van der Waals surface area contributed by atoms with Crippen LogP contribution >= 0.6 is 11.3 Å². The molecule has 1 fully saturated rings. The van der Waals surface area contributed by atoms with Gasteiger partial charge in [0.1, 0.15) is 10.9 Å². The molecule has 8 heteroatoms. The fraction of sp³-hybridized carbons (Fsp3) is 0.455. The van der Waals surface area contributed by atoms with E-state index in [-0.39, 0.29) is 5.91 Å². The van der Waals surface area contributed by atoms with Gasteiger partial charge < -0.3 is 15.2 Å². The van der Waals surface area contributed by atoms with E-state index in [0.29, 0.717) is 5.13 Å². The summed E-state index contributed by atoms with van der Waals surface area (Å²) in [7, 11) is 0. The first-order valence-electron chi connectivity index (χ1n) is 5.74. The average Bonchev–Trinajstić information content (AvgIpc) is 3.03. The number of nitrogens with zero attached hydrogens (tertiary/aromatic N) is 2. The smallest absolute Gasteiger partial charge is 0.310 e. The van der Waals surface area contributed by atoms with Crippen LogP contribution in [0.25, 0.3) is 0 Å². The Labute approximate surface area is 112 Å². The Hall–Kier alpha value is -1.80. The van der Waals surface area contributed by atoms with Crippen LogP contribution in [0, 0.1) is 18.8 Å². The molecule has 7 nitrogen and oxygen atoms in total. The van der Waals surface area contributed by atoms with Crippen molar-refractivity contribution in [3.05, 3.63) is 17.2 Å². The van der Waals surface area contributed by atoms with Gasteiger partial charge in [0.2, 0.25) is 11.0 Å². The molecule has 0 saturated carbocycles. The van der Waals surface area contributed by atoms with Crippen molar-refractivity contribution in [3.8, 4) is 0 Å². The van der Waals surface area contributed by atoms with Crippen molar-refractivity contribution in [2.75, 3.05) is 5.32 Å². The van der Waals surface area contributed by atoms with Crippen molar-refractivity contribution in [1.29, 1.82) is 0 Å². The Kier molecular flexibility index (Phi) is 2.83. The summed E-state index contributed by atoms with van der Waals surface area (Å²) in [5.41, 5.74) is 0. The quantitative estimate of drug-likeness (QED) is 0.779. The number of hydrogen-bond acceptors (Lipinski definition) is 6. The predicted molar refractivity (Wildman–Crippen MR) is 65.7 cm³/mol. The minimum Gasteiger partial charge on any atom is -0.481 e. The number of nitrogens with one attached hydrogen (secondary N) is 1. The molecular weight excluding hydrogens is 270 g/mol. The number of rotatable bonds is 3. The Bertz CT molecular complexity index is 570. The Balaban J connectivity index is 1.79. The van der Waals surface area contributed by atoms with E-state index in [4.69, 9.17) is 4.74 Å². The van der Waals surface area contributed by atoms with Gasteiger partial charge in [-0.2, -0.15) is 0 Å². The number of ether oxygens (including phenoxy) is 1. The lowest BCUT2D eigenvalue weighted by molar-refractivity contribution is -0.145. The molecule has 19 heavy (non-hydrogen) atoms. The SMILES string of the molecule is Cc1nnc(NC(=O)[C@@H]2[C@@H](C(=O)O)[C@@H]3C=C[C@H]2O3)s1. The van der Waals surface area contributed by atoms with Gasteiger partial charge in [-0.3, -0.25) is 9.59 Å². The van der Waals surface area contributed by atoms with Crippen LogP contribution in [0.1, 0.15) is 5.01 Å². The topological polar surface area (TPSA) is 101 Å². The van der Waals surface area contributed by atoms with Gasteiger partial charge in [-0.25, -0.2) is 0 Å². The number of anilines is 1. The van der Waals surface area contributed by atoms with Gasteiger partial charge in [0.25, 0.3) is 0 Å². The normalized spacial score (nSPS) is 31.6. The van der Waals surface area contributed by atoms with Crippen molar-refractivity contribution in [1.82, 2.24) is 10.2 Å². The van der Waals surface area contributed by atoms with Gasteiger partial charge in [0.05, 0.1) is 18.1 Å². The zero-order valence-corrected chi connectivity index (χ0v) is 10.8. The number of fused-ring (bicyclic) bond motifs is 2. The molecule has 3 rings (SSSR count). The van der Waals surface area contributed by atoms with E-state index in [2.05, 4.69) is 15.5 Å². The zero-order valence-electron chi connectivity index (χ0n) is 9.94. The summed E-state index contributed by atoms with van der Waals surface area (Å²) in [5.74, 6) is -2.98. The molecule has 0 spiro atoms. The first-order valence-corrected chi connectivity index (χ1v) is 6.55. The fourth-order valence-corrected chi connectivity index (χ4v) is 3.05. The standard InChI is InChI=1S/C11H11N3O4S/c1-4-13-14-11(19-4)12-9(15)7-5-2-3-6(18-5)8(7)10(16)17/h2-3,5-8H,1H3,(H,16,17)(H,12,14,15)/t5-,6+,7+,8+/m1/s1. The van der Waals surface area contributed by atoms with Crippen LogP contribution in [0.5, 0.6) is 0 Å². The predicted octanol–water partition coefficient (Wildman–Crippen LogP) is 0.439. The van der Waals surface area contributed by atoms with E-state index in [1.807, 2.05) is 0 Å². The molecule has 2 bridgehead atoms. The Morgan fingerprint density at radius 1 is 1.32 bits per heavy atom. The van der Waals surface area contributed by atoms with Crippen LogP contribution < -0.4 is 5.32 Å². The molecule has 1 aromatic heterocycles. The van der Waals surface area contributed by atoms with Gasteiger partial charge in [0.15, 0.2) is 0 Å². The summed E-state index contributed by atoms with van der Waals surface area (Å²) in [5, 5.41) is 20.5. The van der Waals surface area contributed by atoms with Crippen LogP contribution in [-0.4, -0.2) is 39.4 Å². The molecule has 4 atom stereocenters. The minimum atomic E-state index is -1.02. The molecule has 0 radical (unpaired) electrons. The Morgan fingerprint density at radius 3 is 2.58 bits per heavy atom. The molecule has 0 aliphatic carbocycles. The first kappa shape index (κ1) is 12.2. The average molecular weight is 281 g/mol. The van der Waals surface area contributed by atoms with Gasteiger partial charge in [-0.1, -0.05) is 23.5 Å². The summed E-state index contributed by atoms with van der Waals surface area (Å²) in [6.45, 7) is 1.77. The maximum atomic E-state index is 12.2. The van der Waals surface area contributed by atoms with Gasteiger partial charge >= 0.3 is 5.97 Å². The second kappa shape index (κ2) is 4.39. The summed E-state index contributed by atoms with van der Waals surface area (Å²) in [6.07, 6.45) is 2.44. The van der Waals surface area contributed by atoms with E-state index in [1.165, 1.54) is 11.3 Å². The summed E-state index contributed by atoms with van der Waals surface area (Å²) in [6, 6.07) is 0. The van der Waals surface area contributed by atoms with E-state index < -0.39 is 30.0 Å². The van der Waals surface area contributed by atoms with Crippen LogP contribution in [0.3, 0.4) is 0 Å². The summed E-state index contributed by atoms with van der Waals surface area (Å²) in [4.78, 5) is 23.4. The third kappa shape index (κ3) is 2.02. The number of hydrogen-bond donors (Lipinski definition) is 2. The molecule has 100 valence electrons. The lowest BCUT2D eigenvalue weighted by atomic mass is 9.82. The van der Waals surface area contributed by atoms with E-state index in [1.54, 1.807) is 19.1 Å². The molecule has 0 aromatic carbocycles. The van der Waals surface area contributed by atoms with Crippen LogP contribution in [-0.2, 0) is 14.3 Å². The number of carboxylic acid groups (broad SMARTS) is 1. The highest BCUT2D eigenvalue weighted by molar-refractivity contribution is 7.15. The number of aromatic nitrogens is 2. The molecule has 2 N–H and O–H groups in total. The highest BCUT2D eigenvalue weighted by Crippen LogP contribution is 2.39. The molecule has 1 aromatic rings. The van der Waals surface area contributed by atoms with Crippen molar-refractivity contribution in [3.63, 3.8) is 0 Å². The number of aryl methyl sites for hydroxylation is 1. The lowest BCUT2D eigenvalue weighted by Crippen LogP contribution is -2.39. The monoisotopic (exact) mass is 281 g/mol. The van der Waals surface area contributed by atoms with E-state index >= 15 is 0 Å². The van der Waals surface area contributed by atoms with Gasteiger partial charge in [0, 0.05) is 0 Å². The second-order valence-electron chi connectivity index (χ2n) is 4.46. The highest BCUT2D eigenvalue weighted by atomic mass is 32.1. The van der Waals surface area contributed by atoms with Crippen molar-refractivity contribution in [2.24, 2.45) is 11.8 Å². The maximum Gasteiger partial charge on any atom is 0.310 e. The number of carboxylic acids is 1. The van der Waals surface area contributed by atoms with E-state index in [0.717, 1.165) is 5.01 Å². The van der Waals surface area contributed by atoms with Gasteiger partial charge in [-0.05, 0) is 6.92 Å². The Morgan fingerprint density at radius 2 is 2.00 bits per heavy atom. The summed E-state index contributed by atoms with van der Waals surface area (Å²) < 4.78 is 5.44. The van der Waals surface area contributed by atoms with Crippen molar-refractivity contribution in [2.45, 2.75) is 19.1 Å². The number of carbonyl (C=O) groups is 2. The summed E-state index contributed by atoms with van der Waals surface area (Å²) >= 11 is 1.24. The molecule has 1 amide bonds. The molecule has 2 aliphatic rings. The van der Waals surface area contributed by atoms with Gasteiger partial charge in [-0.15, -0.1) is 10.2 Å². The highest BCUT2D eigenvalue weighted by Gasteiger charge is 2.53. The molecular formula is C11H11N3O4S. The third-order valence-electron chi connectivity index (χ3n) is 3.24. The lowest BCUT2D eigenvalue weighted by Gasteiger charge is -2.20. The maximum absolute atomic E-state index is 12.2. The number of aliphatic carboxylic acids is 1. The third-order valence-corrected chi connectivity index (χ3v) is 4.00. The van der Waals surface area contributed by atoms with Crippen molar-refractivity contribution >= 4 is 28.3 Å². The second-order valence-corrected chi connectivity index (χ2v) is 5.64. The van der Waals surface area contributed by atoms with Crippen LogP contribution in [0.15, 0.2) is 12.2 Å².